The van der Waals surface area contributed by atoms with Crippen LogP contribution in [0.1, 0.15) is 17.7 Å². The van der Waals surface area contributed by atoms with Gasteiger partial charge in [-0.1, -0.05) is 18.2 Å². The Morgan fingerprint density at radius 3 is 3.04 bits per heavy atom. The predicted octanol–water partition coefficient (Wildman–Crippen LogP) is 1.80. The molecule has 1 aromatic carbocycles. The van der Waals surface area contributed by atoms with Crippen LogP contribution in [0.15, 0.2) is 30.5 Å². The van der Waals surface area contributed by atoms with Crippen LogP contribution in [-0.4, -0.2) is 41.0 Å². The third kappa shape index (κ3) is 2.66. The van der Waals surface area contributed by atoms with E-state index < -0.39 is 0 Å². The standard InChI is InChI=1S/C20H22N6O/c1-21-20(27)12-6-7-26(11-12)19-15-8-22-10-17(15)24-18(25-19)14-9-23-16-5-3-2-4-13(14)16/h2-5,9,12,22-23H,6-8,10-11H2,1H3,(H,21,27)/t12-/m1/s1. The molecule has 1 amide bonds. The van der Waals surface area contributed by atoms with Gasteiger partial charge in [-0.2, -0.15) is 0 Å². The summed E-state index contributed by atoms with van der Waals surface area (Å²) in [5.41, 5.74) is 4.32. The average Bonchev–Trinajstić information content (AvgIpc) is 3.45. The third-order valence-corrected chi connectivity index (χ3v) is 5.60. The van der Waals surface area contributed by atoms with Crippen molar-refractivity contribution in [2.75, 3.05) is 25.0 Å². The second-order valence-electron chi connectivity index (χ2n) is 7.19. The number of amides is 1. The molecule has 2 aliphatic rings. The van der Waals surface area contributed by atoms with Gasteiger partial charge in [0.25, 0.3) is 0 Å². The van der Waals surface area contributed by atoms with Crippen LogP contribution in [0.25, 0.3) is 22.3 Å². The van der Waals surface area contributed by atoms with Crippen molar-refractivity contribution in [3.63, 3.8) is 0 Å². The highest BCUT2D eigenvalue weighted by Crippen LogP contribution is 2.33. The number of rotatable bonds is 3. The van der Waals surface area contributed by atoms with E-state index in [2.05, 4.69) is 32.7 Å². The first kappa shape index (κ1) is 16.3. The summed E-state index contributed by atoms with van der Waals surface area (Å²) in [5.74, 6) is 1.84. The number of anilines is 1. The summed E-state index contributed by atoms with van der Waals surface area (Å²) in [6.45, 7) is 3.08. The van der Waals surface area contributed by atoms with Gasteiger partial charge in [-0.3, -0.25) is 4.79 Å². The van der Waals surface area contributed by atoms with E-state index in [1.165, 1.54) is 0 Å². The first-order valence-electron chi connectivity index (χ1n) is 9.38. The number of carbonyl (C=O) groups excluding carboxylic acids is 1. The van der Waals surface area contributed by atoms with Crippen molar-refractivity contribution < 1.29 is 4.79 Å². The number of fused-ring (bicyclic) bond motifs is 2. The maximum absolute atomic E-state index is 12.0. The van der Waals surface area contributed by atoms with Gasteiger partial charge in [-0.05, 0) is 12.5 Å². The molecule has 5 rings (SSSR count). The van der Waals surface area contributed by atoms with E-state index in [-0.39, 0.29) is 11.8 Å². The predicted molar refractivity (Wildman–Crippen MR) is 104 cm³/mol. The number of hydrogen-bond acceptors (Lipinski definition) is 5. The lowest BCUT2D eigenvalue weighted by Gasteiger charge is -2.21. The van der Waals surface area contributed by atoms with Crippen LogP contribution in [0, 0.1) is 5.92 Å². The summed E-state index contributed by atoms with van der Waals surface area (Å²) in [6, 6.07) is 8.20. The zero-order chi connectivity index (χ0) is 18.4. The van der Waals surface area contributed by atoms with Crippen LogP contribution in [0.5, 0.6) is 0 Å². The lowest BCUT2D eigenvalue weighted by Crippen LogP contribution is -2.30. The number of para-hydroxylation sites is 1. The van der Waals surface area contributed by atoms with Crippen LogP contribution in [-0.2, 0) is 17.9 Å². The highest BCUT2D eigenvalue weighted by molar-refractivity contribution is 5.94. The van der Waals surface area contributed by atoms with Crippen molar-refractivity contribution in [3.8, 4) is 11.4 Å². The maximum atomic E-state index is 12.0. The molecule has 7 heteroatoms. The molecule has 1 saturated heterocycles. The van der Waals surface area contributed by atoms with Crippen LogP contribution in [0.3, 0.4) is 0 Å². The van der Waals surface area contributed by atoms with E-state index in [0.29, 0.717) is 6.54 Å². The Balaban J connectivity index is 1.58. The van der Waals surface area contributed by atoms with Crippen molar-refractivity contribution in [3.05, 3.63) is 41.7 Å². The third-order valence-electron chi connectivity index (χ3n) is 5.60. The molecular weight excluding hydrogens is 340 g/mol. The van der Waals surface area contributed by atoms with Crippen molar-refractivity contribution >= 4 is 22.6 Å². The normalized spacial score (nSPS) is 18.9. The van der Waals surface area contributed by atoms with Crippen LogP contribution in [0.4, 0.5) is 5.82 Å². The van der Waals surface area contributed by atoms with Crippen LogP contribution in [0.2, 0.25) is 0 Å². The largest absolute Gasteiger partial charge is 0.360 e. The van der Waals surface area contributed by atoms with Gasteiger partial charge in [0.1, 0.15) is 5.82 Å². The number of H-pyrrole nitrogens is 1. The van der Waals surface area contributed by atoms with E-state index >= 15 is 0 Å². The molecule has 3 aromatic rings. The minimum atomic E-state index is 0.0199. The Morgan fingerprint density at radius 1 is 1.26 bits per heavy atom. The molecular formula is C20H22N6O. The highest BCUT2D eigenvalue weighted by atomic mass is 16.1. The number of hydrogen-bond donors (Lipinski definition) is 3. The lowest BCUT2D eigenvalue weighted by molar-refractivity contribution is -0.123. The molecule has 3 N–H and O–H groups in total. The molecule has 0 unspecified atom stereocenters. The van der Waals surface area contributed by atoms with Gasteiger partial charge < -0.3 is 20.5 Å². The summed E-state index contributed by atoms with van der Waals surface area (Å²) in [5, 5.41) is 7.28. The number of nitrogens with one attached hydrogen (secondary N) is 3. The highest BCUT2D eigenvalue weighted by Gasteiger charge is 2.32. The molecule has 0 radical (unpaired) electrons. The quantitative estimate of drug-likeness (QED) is 0.661. The summed E-state index contributed by atoms with van der Waals surface area (Å²) in [6.07, 6.45) is 2.84. The zero-order valence-electron chi connectivity index (χ0n) is 15.2. The molecule has 2 aliphatic heterocycles. The number of aromatic amines is 1. The smallest absolute Gasteiger partial charge is 0.224 e. The summed E-state index contributed by atoms with van der Waals surface area (Å²) >= 11 is 0. The number of benzene rings is 1. The topological polar surface area (TPSA) is 85.9 Å². The van der Waals surface area contributed by atoms with Gasteiger partial charge in [0.05, 0.1) is 11.6 Å². The Hall–Kier alpha value is -2.93. The SMILES string of the molecule is CNC(=O)[C@@H]1CCN(c2nc(-c3c[nH]c4ccccc34)nc3c2CNC3)C1. The monoisotopic (exact) mass is 362 g/mol. The van der Waals surface area contributed by atoms with Gasteiger partial charge in [0.2, 0.25) is 5.91 Å². The van der Waals surface area contributed by atoms with E-state index in [9.17, 15) is 4.79 Å². The second-order valence-corrected chi connectivity index (χ2v) is 7.19. The Morgan fingerprint density at radius 2 is 2.15 bits per heavy atom. The fourth-order valence-corrected chi connectivity index (χ4v) is 4.16. The maximum Gasteiger partial charge on any atom is 0.224 e. The number of nitrogens with zero attached hydrogens (tertiary/aromatic N) is 3. The van der Waals surface area contributed by atoms with Gasteiger partial charge in [0.15, 0.2) is 5.82 Å². The van der Waals surface area contributed by atoms with Crippen molar-refractivity contribution in [2.24, 2.45) is 5.92 Å². The molecule has 0 bridgehead atoms. The molecule has 0 aliphatic carbocycles. The molecule has 138 valence electrons. The van der Waals surface area contributed by atoms with Gasteiger partial charge in [-0.25, -0.2) is 9.97 Å². The van der Waals surface area contributed by atoms with Crippen molar-refractivity contribution in [2.45, 2.75) is 19.5 Å². The zero-order valence-corrected chi connectivity index (χ0v) is 15.2. The van der Waals surface area contributed by atoms with Gasteiger partial charge in [0, 0.05) is 61.5 Å². The van der Waals surface area contributed by atoms with Crippen molar-refractivity contribution in [1.82, 2.24) is 25.6 Å². The second kappa shape index (κ2) is 6.35. The van der Waals surface area contributed by atoms with E-state index in [1.54, 1.807) is 7.05 Å². The fraction of sp³-hybridized carbons (Fsp3) is 0.350. The number of carbonyl (C=O) groups is 1. The van der Waals surface area contributed by atoms with Gasteiger partial charge >= 0.3 is 0 Å². The fourth-order valence-electron chi connectivity index (χ4n) is 4.16. The average molecular weight is 362 g/mol. The molecule has 1 atom stereocenters. The molecule has 0 saturated carbocycles. The Bertz CT molecular complexity index is 1030. The first-order valence-corrected chi connectivity index (χ1v) is 9.38. The van der Waals surface area contributed by atoms with Crippen LogP contribution >= 0.6 is 0 Å². The molecule has 4 heterocycles. The summed E-state index contributed by atoms with van der Waals surface area (Å²) < 4.78 is 0. The number of aromatic nitrogens is 3. The molecule has 2 aromatic heterocycles. The van der Waals surface area contributed by atoms with Crippen LogP contribution < -0.4 is 15.5 Å². The first-order chi connectivity index (χ1) is 13.2. The van der Waals surface area contributed by atoms with E-state index in [0.717, 1.165) is 65.4 Å². The minimum Gasteiger partial charge on any atom is -0.360 e. The van der Waals surface area contributed by atoms with E-state index in [4.69, 9.17) is 9.97 Å². The Kier molecular flexibility index (Phi) is 3.82. The summed E-state index contributed by atoms with van der Waals surface area (Å²) in [7, 11) is 1.70. The molecule has 7 nitrogen and oxygen atoms in total. The molecule has 0 spiro atoms. The molecule has 27 heavy (non-hydrogen) atoms. The Labute approximate surface area is 157 Å². The minimum absolute atomic E-state index is 0.0199. The van der Waals surface area contributed by atoms with E-state index in [1.807, 2.05) is 18.3 Å². The lowest BCUT2D eigenvalue weighted by atomic mass is 10.1. The van der Waals surface area contributed by atoms with Gasteiger partial charge in [-0.15, -0.1) is 0 Å². The molecule has 1 fully saturated rings. The summed E-state index contributed by atoms with van der Waals surface area (Å²) in [4.78, 5) is 27.4. The van der Waals surface area contributed by atoms with Crippen molar-refractivity contribution in [1.29, 1.82) is 0 Å².